The third-order valence-corrected chi connectivity index (χ3v) is 29.6. The van der Waals surface area contributed by atoms with E-state index in [1.807, 2.05) is 0 Å². The molecular formula is C142H96N6. The van der Waals surface area contributed by atoms with Crippen LogP contribution in [0.3, 0.4) is 0 Å². The highest BCUT2D eigenvalue weighted by Gasteiger charge is 2.24. The van der Waals surface area contributed by atoms with Crippen LogP contribution in [0.25, 0.3) is 221 Å². The Morgan fingerprint density at radius 3 is 0.581 bits per heavy atom. The molecule has 0 fully saturated rings. The molecule has 0 aliphatic heterocycles. The van der Waals surface area contributed by atoms with E-state index >= 15 is 0 Å². The standard InChI is InChI=1S/C72H51N3.C70H45N3/c1-6-16-52(17-7-1)55-38-46-68(47-39-55)75-71-48-40-60(58-30-26-53(27-31-58)56-34-42-66(43-35-56)73(62-18-8-2-9-19-62)63-20-10-3-11-21-63)50-69(71)70-51-61(41-49-72(70)75)59-32-28-54(29-33-59)57-36-44-67(45-37-57)74(64-22-12-4-13-23-64)65-24-14-5-15-25-65;1-3-15-56(16-4-1)71-65-21-11-9-19-59(65)61-42-52(32-37-67(61)71)47-23-27-49(28-24-47)54-34-39-69-63(44-54)64-45-55(35-40-70(64)73(69)58-36-31-46-13-7-8-14-51(46)41-58)50-29-25-48(26-30-50)53-33-38-68-62(43-53)60-20-10-12-22-66(60)72(68)57-17-5-2-6-18-57/h1-51H;1-45H. The van der Waals surface area contributed by atoms with Crippen molar-refractivity contribution in [3.05, 3.63) is 582 Å². The van der Waals surface area contributed by atoms with Crippen LogP contribution in [0.2, 0.25) is 0 Å². The summed E-state index contributed by atoms with van der Waals surface area (Å²) in [6.07, 6.45) is 0. The molecule has 24 aromatic carbocycles. The first-order chi connectivity index (χ1) is 73.4. The van der Waals surface area contributed by atoms with Gasteiger partial charge in [-0.2, -0.15) is 0 Å². The topological polar surface area (TPSA) is 26.2 Å². The zero-order chi connectivity index (χ0) is 97.9. The number of benzene rings is 24. The third-order valence-electron chi connectivity index (χ3n) is 29.6. The van der Waals surface area contributed by atoms with Crippen LogP contribution >= 0.6 is 0 Å². The van der Waals surface area contributed by atoms with Crippen LogP contribution in [0.15, 0.2) is 582 Å². The lowest BCUT2D eigenvalue weighted by Crippen LogP contribution is -2.09. The molecule has 0 bridgehead atoms. The average Bonchev–Trinajstić information content (AvgIpc) is 1.60. The molecule has 28 aromatic rings. The van der Waals surface area contributed by atoms with Crippen molar-refractivity contribution in [2.24, 2.45) is 0 Å². The predicted octanol–water partition coefficient (Wildman–Crippen LogP) is 38.9. The molecule has 4 aromatic heterocycles. The van der Waals surface area contributed by atoms with Gasteiger partial charge >= 0.3 is 0 Å². The molecule has 694 valence electrons. The molecule has 28 rings (SSSR count). The van der Waals surface area contributed by atoms with Crippen molar-refractivity contribution in [3.63, 3.8) is 0 Å². The summed E-state index contributed by atoms with van der Waals surface area (Å²) in [7, 11) is 0. The number of para-hydroxylation sites is 8. The van der Waals surface area contributed by atoms with Crippen molar-refractivity contribution in [3.8, 4) is 123 Å². The van der Waals surface area contributed by atoms with Crippen molar-refractivity contribution in [1.29, 1.82) is 0 Å². The molecule has 6 heteroatoms. The number of hydrogen-bond acceptors (Lipinski definition) is 2. The summed E-state index contributed by atoms with van der Waals surface area (Å²) >= 11 is 0. The highest BCUT2D eigenvalue weighted by atomic mass is 15.1. The van der Waals surface area contributed by atoms with E-state index in [0.29, 0.717) is 0 Å². The zero-order valence-electron chi connectivity index (χ0n) is 81.1. The first kappa shape index (κ1) is 87.4. The Morgan fingerprint density at radius 2 is 0.284 bits per heavy atom. The van der Waals surface area contributed by atoms with Crippen LogP contribution in [-0.4, -0.2) is 18.3 Å². The number of nitrogens with zero attached hydrogens (tertiary/aromatic N) is 6. The van der Waals surface area contributed by atoms with Crippen molar-refractivity contribution < 1.29 is 0 Å². The van der Waals surface area contributed by atoms with E-state index in [1.165, 1.54) is 210 Å². The minimum Gasteiger partial charge on any atom is -0.311 e. The van der Waals surface area contributed by atoms with Gasteiger partial charge < -0.3 is 28.1 Å². The Bertz CT molecular complexity index is 9230. The van der Waals surface area contributed by atoms with Crippen molar-refractivity contribution in [1.82, 2.24) is 18.3 Å². The van der Waals surface area contributed by atoms with E-state index in [-0.39, 0.29) is 0 Å². The maximum atomic E-state index is 2.44. The first-order valence-electron chi connectivity index (χ1n) is 50.8. The van der Waals surface area contributed by atoms with Gasteiger partial charge in [0.15, 0.2) is 0 Å². The third kappa shape index (κ3) is 16.2. The van der Waals surface area contributed by atoms with Crippen LogP contribution in [0.4, 0.5) is 34.1 Å². The fraction of sp³-hybridized carbons (Fsp3) is 0. The molecular weight excluding hydrogens is 1790 g/mol. The highest BCUT2D eigenvalue weighted by molar-refractivity contribution is 6.16. The maximum absolute atomic E-state index is 2.44. The normalized spacial score (nSPS) is 11.5. The molecule has 0 amide bonds. The Labute approximate surface area is 859 Å². The van der Waals surface area contributed by atoms with Gasteiger partial charge in [-0.05, 0) is 317 Å². The van der Waals surface area contributed by atoms with E-state index in [2.05, 4.69) is 610 Å². The second-order valence-electron chi connectivity index (χ2n) is 38.3. The van der Waals surface area contributed by atoms with E-state index in [9.17, 15) is 0 Å². The summed E-state index contributed by atoms with van der Waals surface area (Å²) in [4.78, 5) is 4.60. The lowest BCUT2D eigenvalue weighted by atomic mass is 9.97. The van der Waals surface area contributed by atoms with Crippen LogP contribution < -0.4 is 9.80 Å². The Morgan fingerprint density at radius 1 is 0.101 bits per heavy atom. The molecule has 0 N–H and O–H groups in total. The van der Waals surface area contributed by atoms with E-state index in [4.69, 9.17) is 0 Å². The van der Waals surface area contributed by atoms with Crippen LogP contribution in [-0.2, 0) is 0 Å². The van der Waals surface area contributed by atoms with Gasteiger partial charge in [0.25, 0.3) is 0 Å². The monoisotopic (exact) mass is 1880 g/mol. The fourth-order valence-corrected chi connectivity index (χ4v) is 22.3. The molecule has 0 spiro atoms. The average molecular weight is 1890 g/mol. The van der Waals surface area contributed by atoms with E-state index < -0.39 is 0 Å². The SMILES string of the molecule is c1ccc(-c2ccc(-n3c4ccc(-c5ccc(-c6ccc(N(c7ccccc7)c7ccccc7)cc6)cc5)cc4c4cc(-c5ccc(-c6ccc(N(c7ccccc7)c7ccccc7)cc6)cc5)ccc43)cc2)cc1.c1ccc(-n2c3ccccc3c3cc(-c4ccc(-c5ccc6c(c5)c5cc(-c7ccc(-c8ccc9c(c8)c8ccccc8n9-c8ccccc8)cc7)ccc5n6-c5ccc6ccccc6c5)cc4)ccc32)cc1. The number of anilines is 6. The van der Waals surface area contributed by atoms with Gasteiger partial charge in [0.05, 0.1) is 44.1 Å². The Hall–Kier alpha value is -19.7. The summed E-state index contributed by atoms with van der Waals surface area (Å²) in [5.74, 6) is 0. The molecule has 0 aliphatic rings. The Balaban J connectivity index is 0.000000146. The van der Waals surface area contributed by atoms with Crippen LogP contribution in [0, 0.1) is 0 Å². The largest absolute Gasteiger partial charge is 0.311 e. The second-order valence-corrected chi connectivity index (χ2v) is 38.3. The minimum atomic E-state index is 1.12. The smallest absolute Gasteiger partial charge is 0.0541 e. The molecule has 0 aliphatic carbocycles. The van der Waals surface area contributed by atoms with E-state index in [1.54, 1.807) is 0 Å². The van der Waals surface area contributed by atoms with Gasteiger partial charge in [0, 0.05) is 100.0 Å². The van der Waals surface area contributed by atoms with Crippen LogP contribution in [0.5, 0.6) is 0 Å². The van der Waals surface area contributed by atoms with Gasteiger partial charge in [-0.25, -0.2) is 0 Å². The molecule has 0 saturated heterocycles. The highest BCUT2D eigenvalue weighted by Crippen LogP contribution is 2.47. The molecule has 6 nitrogen and oxygen atoms in total. The molecule has 0 atom stereocenters. The Kier molecular flexibility index (Phi) is 22.2. The van der Waals surface area contributed by atoms with Crippen molar-refractivity contribution in [2.75, 3.05) is 9.80 Å². The number of hydrogen-bond donors (Lipinski definition) is 0. The number of fused-ring (bicyclic) bond motifs is 13. The van der Waals surface area contributed by atoms with Crippen LogP contribution in [0.1, 0.15) is 0 Å². The second kappa shape index (κ2) is 37.7. The number of rotatable bonds is 19. The fourth-order valence-electron chi connectivity index (χ4n) is 22.3. The van der Waals surface area contributed by atoms with Gasteiger partial charge in [0.2, 0.25) is 0 Å². The molecule has 0 radical (unpaired) electrons. The van der Waals surface area contributed by atoms with Crippen molar-refractivity contribution >= 4 is 132 Å². The van der Waals surface area contributed by atoms with Crippen molar-refractivity contribution in [2.45, 2.75) is 0 Å². The lowest BCUT2D eigenvalue weighted by molar-refractivity contribution is 1.18. The lowest BCUT2D eigenvalue weighted by Gasteiger charge is -2.25. The summed E-state index contributed by atoms with van der Waals surface area (Å²) < 4.78 is 9.60. The molecule has 148 heavy (non-hydrogen) atoms. The van der Waals surface area contributed by atoms with Gasteiger partial charge in [-0.15, -0.1) is 0 Å². The summed E-state index contributed by atoms with van der Waals surface area (Å²) in [6.45, 7) is 0. The number of aromatic nitrogens is 4. The maximum Gasteiger partial charge on any atom is 0.0541 e. The quantitative estimate of drug-likeness (QED) is 0.0806. The van der Waals surface area contributed by atoms with Gasteiger partial charge in [-0.1, -0.05) is 376 Å². The zero-order valence-corrected chi connectivity index (χ0v) is 81.1. The van der Waals surface area contributed by atoms with E-state index in [0.717, 1.165) is 45.5 Å². The molecule has 0 saturated carbocycles. The molecule has 0 unspecified atom stereocenters. The summed E-state index contributed by atoms with van der Waals surface area (Å²) in [6, 6.07) is 212. The first-order valence-corrected chi connectivity index (χ1v) is 50.8. The van der Waals surface area contributed by atoms with Gasteiger partial charge in [-0.3, -0.25) is 0 Å². The summed E-state index contributed by atoms with van der Waals surface area (Å²) in [5, 5.41) is 12.4. The van der Waals surface area contributed by atoms with Gasteiger partial charge in [0.1, 0.15) is 0 Å². The minimum absolute atomic E-state index is 1.12. The molecule has 4 heterocycles. The summed E-state index contributed by atoms with van der Waals surface area (Å²) in [5.41, 5.74) is 42.3. The predicted molar refractivity (Wildman–Crippen MR) is 626 cm³/mol.